The maximum atomic E-state index is 12.5. The van der Waals surface area contributed by atoms with Crippen LogP contribution in [-0.2, 0) is 6.54 Å². The van der Waals surface area contributed by atoms with Gasteiger partial charge in [-0.1, -0.05) is 35.6 Å². The van der Waals surface area contributed by atoms with E-state index < -0.39 is 16.0 Å². The number of benzene rings is 1. The Kier molecular flexibility index (Phi) is 2.87. The molecule has 1 aromatic carbocycles. The molecule has 0 fully saturated rings. The summed E-state index contributed by atoms with van der Waals surface area (Å²) in [6, 6.07) is 7.04. The Morgan fingerprint density at radius 3 is 2.75 bits per heavy atom. The predicted octanol–water partition coefficient (Wildman–Crippen LogP) is 1.45. The minimum atomic E-state index is -0.455. The minimum Gasteiger partial charge on any atom is -0.321 e. The van der Waals surface area contributed by atoms with Crippen LogP contribution in [0.3, 0.4) is 0 Å². The number of fused-ring (bicyclic) bond motifs is 3. The molecule has 0 atom stereocenters. The fraction of sp³-hybridized carbons (Fsp3) is 0.0714. The third-order valence-corrected chi connectivity index (χ3v) is 4.05. The van der Waals surface area contributed by atoms with Crippen molar-refractivity contribution >= 4 is 32.3 Å². The summed E-state index contributed by atoms with van der Waals surface area (Å²) >= 11 is 0.780. The topological polar surface area (TPSA) is 71.9 Å². The summed E-state index contributed by atoms with van der Waals surface area (Å²) in [5.74, 6) is 0. The van der Waals surface area contributed by atoms with E-state index in [2.05, 4.69) is 11.6 Å². The molecule has 0 aliphatic carbocycles. The fourth-order valence-electron chi connectivity index (χ4n) is 2.18. The number of aromatic amines is 1. The van der Waals surface area contributed by atoms with Gasteiger partial charge in [-0.2, -0.15) is 0 Å². The van der Waals surface area contributed by atoms with Crippen molar-refractivity contribution in [2.75, 3.05) is 0 Å². The van der Waals surface area contributed by atoms with Crippen molar-refractivity contribution in [3.63, 3.8) is 0 Å². The van der Waals surface area contributed by atoms with Crippen molar-refractivity contribution in [3.05, 3.63) is 67.3 Å². The van der Waals surface area contributed by atoms with E-state index >= 15 is 0 Å². The maximum absolute atomic E-state index is 12.5. The summed E-state index contributed by atoms with van der Waals surface area (Å²) in [5, 5.41) is 0.928. The zero-order valence-electron chi connectivity index (χ0n) is 10.4. The van der Waals surface area contributed by atoms with E-state index in [0.717, 1.165) is 15.9 Å². The molecule has 100 valence electrons. The summed E-state index contributed by atoms with van der Waals surface area (Å²) in [6.45, 7) is 3.67. The van der Waals surface area contributed by atoms with Gasteiger partial charge in [0.15, 0.2) is 0 Å². The number of hydrogen-bond acceptors (Lipinski definition) is 4. The van der Waals surface area contributed by atoms with Gasteiger partial charge in [0, 0.05) is 17.4 Å². The van der Waals surface area contributed by atoms with E-state index in [1.165, 1.54) is 6.08 Å². The first-order valence-electron chi connectivity index (χ1n) is 5.93. The first-order chi connectivity index (χ1) is 9.63. The second-order valence-electron chi connectivity index (χ2n) is 4.28. The monoisotopic (exact) mass is 286 g/mol. The van der Waals surface area contributed by atoms with E-state index in [-0.39, 0.29) is 16.6 Å². The number of allylic oxidation sites excluding steroid dienone is 1. The Balaban J connectivity index is 2.67. The standard InChI is InChI=1S/C14H10N2O3S/c1-2-7-16-13(18)10-8-5-3-4-6-9(8)15-12(17)11(10)20-14(16)19/h2-6H,1,7H2,(H,15,17). The molecule has 0 amide bonds. The van der Waals surface area contributed by atoms with Gasteiger partial charge in [-0.05, 0) is 6.07 Å². The lowest BCUT2D eigenvalue weighted by Gasteiger charge is -2.05. The molecule has 0 aliphatic heterocycles. The lowest BCUT2D eigenvalue weighted by molar-refractivity contribution is 0.773. The number of nitrogens with zero attached hydrogens (tertiary/aromatic N) is 1. The van der Waals surface area contributed by atoms with Crippen LogP contribution in [0, 0.1) is 0 Å². The van der Waals surface area contributed by atoms with Gasteiger partial charge in [-0.15, -0.1) is 6.58 Å². The zero-order chi connectivity index (χ0) is 14.3. The number of hydrogen-bond donors (Lipinski definition) is 1. The first-order valence-corrected chi connectivity index (χ1v) is 6.74. The Labute approximate surface area is 116 Å². The molecule has 0 saturated carbocycles. The fourth-order valence-corrected chi connectivity index (χ4v) is 3.07. The lowest BCUT2D eigenvalue weighted by atomic mass is 10.1. The molecule has 1 N–H and O–H groups in total. The molecule has 0 radical (unpaired) electrons. The molecule has 0 spiro atoms. The molecule has 3 rings (SSSR count). The van der Waals surface area contributed by atoms with Crippen molar-refractivity contribution in [3.8, 4) is 0 Å². The summed E-state index contributed by atoms with van der Waals surface area (Å²) < 4.78 is 1.25. The molecule has 6 heteroatoms. The van der Waals surface area contributed by atoms with Gasteiger partial charge in [-0.25, -0.2) is 0 Å². The lowest BCUT2D eigenvalue weighted by Crippen LogP contribution is -2.32. The van der Waals surface area contributed by atoms with Gasteiger partial charge in [0.1, 0.15) is 4.70 Å². The van der Waals surface area contributed by atoms with E-state index in [9.17, 15) is 14.4 Å². The van der Waals surface area contributed by atoms with Gasteiger partial charge < -0.3 is 4.98 Å². The van der Waals surface area contributed by atoms with Gasteiger partial charge in [0.05, 0.1) is 5.39 Å². The molecule has 2 heterocycles. The van der Waals surface area contributed by atoms with Crippen LogP contribution in [0.2, 0.25) is 0 Å². The summed E-state index contributed by atoms with van der Waals surface area (Å²) in [5.41, 5.74) is -0.285. The van der Waals surface area contributed by atoms with E-state index in [1.54, 1.807) is 24.3 Å². The number of para-hydroxylation sites is 1. The molecule has 0 unspecified atom stereocenters. The molecule has 0 aliphatic rings. The number of H-pyrrole nitrogens is 1. The zero-order valence-corrected chi connectivity index (χ0v) is 11.2. The predicted molar refractivity (Wildman–Crippen MR) is 80.7 cm³/mol. The van der Waals surface area contributed by atoms with Crippen molar-refractivity contribution in [1.29, 1.82) is 0 Å². The summed E-state index contributed by atoms with van der Waals surface area (Å²) in [7, 11) is 0. The van der Waals surface area contributed by atoms with Crippen LogP contribution < -0.4 is 16.0 Å². The number of nitrogens with one attached hydrogen (secondary N) is 1. The average molecular weight is 286 g/mol. The second-order valence-corrected chi connectivity index (χ2v) is 5.24. The van der Waals surface area contributed by atoms with Crippen LogP contribution in [0.25, 0.3) is 21.0 Å². The van der Waals surface area contributed by atoms with Crippen LogP contribution in [0.4, 0.5) is 0 Å². The molecular weight excluding hydrogens is 276 g/mol. The highest BCUT2D eigenvalue weighted by atomic mass is 32.1. The normalized spacial score (nSPS) is 11.0. The number of aromatic nitrogens is 2. The second kappa shape index (κ2) is 4.57. The van der Waals surface area contributed by atoms with Crippen LogP contribution >= 0.6 is 11.3 Å². The minimum absolute atomic E-state index is 0.130. The van der Waals surface area contributed by atoms with Crippen molar-refractivity contribution < 1.29 is 0 Å². The summed E-state index contributed by atoms with van der Waals surface area (Å²) in [4.78, 5) is 38.6. The highest BCUT2D eigenvalue weighted by molar-refractivity contribution is 7.16. The summed E-state index contributed by atoms with van der Waals surface area (Å²) in [6.07, 6.45) is 1.48. The van der Waals surface area contributed by atoms with Crippen LogP contribution in [0.5, 0.6) is 0 Å². The largest absolute Gasteiger partial charge is 0.321 e. The van der Waals surface area contributed by atoms with Gasteiger partial charge in [0.2, 0.25) is 0 Å². The van der Waals surface area contributed by atoms with Gasteiger partial charge in [0.25, 0.3) is 11.1 Å². The third-order valence-electron chi connectivity index (χ3n) is 3.06. The van der Waals surface area contributed by atoms with Crippen LogP contribution in [0.15, 0.2) is 51.3 Å². The Morgan fingerprint density at radius 2 is 2.00 bits per heavy atom. The highest BCUT2D eigenvalue weighted by Crippen LogP contribution is 2.18. The number of pyridine rings is 1. The SMILES string of the molecule is C=CCn1c(=O)sc2c(=O)[nH]c3ccccc3c2c1=O. The van der Waals surface area contributed by atoms with Crippen molar-refractivity contribution in [1.82, 2.24) is 9.55 Å². The van der Waals surface area contributed by atoms with E-state index in [0.29, 0.717) is 10.9 Å². The quantitative estimate of drug-likeness (QED) is 0.572. The molecular formula is C14H10N2O3S. The van der Waals surface area contributed by atoms with Crippen molar-refractivity contribution in [2.45, 2.75) is 6.54 Å². The van der Waals surface area contributed by atoms with Gasteiger partial charge >= 0.3 is 4.87 Å². The average Bonchev–Trinajstić information content (AvgIpc) is 2.43. The van der Waals surface area contributed by atoms with Crippen LogP contribution in [0.1, 0.15) is 0 Å². The smallest absolute Gasteiger partial charge is 0.311 e. The molecule has 0 bridgehead atoms. The highest BCUT2D eigenvalue weighted by Gasteiger charge is 2.13. The Hall–Kier alpha value is -2.47. The Morgan fingerprint density at radius 1 is 1.25 bits per heavy atom. The number of rotatable bonds is 2. The molecule has 2 aromatic heterocycles. The molecule has 20 heavy (non-hydrogen) atoms. The third kappa shape index (κ3) is 1.73. The molecule has 0 saturated heterocycles. The van der Waals surface area contributed by atoms with Gasteiger partial charge in [-0.3, -0.25) is 19.0 Å². The van der Waals surface area contributed by atoms with E-state index in [4.69, 9.17) is 0 Å². The Bertz CT molecular complexity index is 1010. The van der Waals surface area contributed by atoms with Crippen LogP contribution in [-0.4, -0.2) is 9.55 Å². The first kappa shape index (κ1) is 12.6. The van der Waals surface area contributed by atoms with E-state index in [1.807, 2.05) is 0 Å². The molecule has 5 nitrogen and oxygen atoms in total. The molecule has 3 aromatic rings. The maximum Gasteiger partial charge on any atom is 0.311 e. The van der Waals surface area contributed by atoms with Crippen molar-refractivity contribution in [2.24, 2.45) is 0 Å².